The minimum atomic E-state index is -0.155. The number of rotatable bonds is 8. The normalized spacial score (nSPS) is 15.5. The molecule has 0 aliphatic carbocycles. The second-order valence-corrected chi connectivity index (χ2v) is 12.2. The molecule has 1 fully saturated rings. The lowest BCUT2D eigenvalue weighted by Crippen LogP contribution is -2.28. The van der Waals surface area contributed by atoms with Gasteiger partial charge in [0.15, 0.2) is 0 Å². The summed E-state index contributed by atoms with van der Waals surface area (Å²) in [6, 6.07) is 43.5. The van der Waals surface area contributed by atoms with Gasteiger partial charge in [0.1, 0.15) is 0 Å². The molecule has 0 bridgehead atoms. The number of carbonyl (C=O) groups is 2. The van der Waals surface area contributed by atoms with Crippen molar-refractivity contribution in [3.05, 3.63) is 175 Å². The molecule has 0 saturated carbocycles. The Balaban J connectivity index is 0.000000175. The molecule has 248 valence electrons. The van der Waals surface area contributed by atoms with Crippen molar-refractivity contribution in [2.24, 2.45) is 5.92 Å². The fourth-order valence-corrected chi connectivity index (χ4v) is 6.08. The van der Waals surface area contributed by atoms with Gasteiger partial charge >= 0.3 is 0 Å². The van der Waals surface area contributed by atoms with Crippen molar-refractivity contribution in [2.75, 3.05) is 30.8 Å². The number of hydrogen-bond donors (Lipinski definition) is 2. The van der Waals surface area contributed by atoms with Crippen molar-refractivity contribution in [3.8, 4) is 22.3 Å². The first-order valence-electron chi connectivity index (χ1n) is 16.6. The number of likely N-dealkylation sites (tertiary alicyclic amines) is 1. The van der Waals surface area contributed by atoms with Crippen molar-refractivity contribution >= 4 is 29.3 Å². The van der Waals surface area contributed by atoms with Crippen LogP contribution in [0.1, 0.15) is 17.0 Å². The summed E-state index contributed by atoms with van der Waals surface area (Å²) in [5.41, 5.74) is 7.92. The molecule has 1 saturated heterocycles. The van der Waals surface area contributed by atoms with Crippen molar-refractivity contribution in [2.45, 2.75) is 5.92 Å². The highest BCUT2D eigenvalue weighted by atomic mass is 16.2. The minimum Gasteiger partial charge on any atom is -0.326 e. The van der Waals surface area contributed by atoms with E-state index in [-0.39, 0.29) is 23.7 Å². The van der Waals surface area contributed by atoms with Crippen LogP contribution in [-0.2, 0) is 9.59 Å². The van der Waals surface area contributed by atoms with Crippen LogP contribution >= 0.6 is 0 Å². The molecule has 0 radical (unpaired) electrons. The molecule has 2 aromatic heterocycles. The number of anilines is 2. The third-order valence-electron chi connectivity index (χ3n) is 8.54. The monoisotopic (exact) mass is 657 g/mol. The van der Waals surface area contributed by atoms with E-state index in [1.54, 1.807) is 24.7 Å². The fourth-order valence-electron chi connectivity index (χ4n) is 6.08. The maximum Gasteiger partial charge on any atom is 0.248 e. The molecular weight excluding hydrogens is 619 g/mol. The van der Waals surface area contributed by atoms with Crippen LogP contribution in [0, 0.1) is 5.92 Å². The Hall–Kier alpha value is -6.18. The number of pyridine rings is 2. The lowest BCUT2D eigenvalue weighted by atomic mass is 9.88. The Morgan fingerprint density at radius 1 is 0.640 bits per heavy atom. The summed E-state index contributed by atoms with van der Waals surface area (Å²) >= 11 is 0. The van der Waals surface area contributed by atoms with Crippen LogP contribution in [0.3, 0.4) is 0 Å². The van der Waals surface area contributed by atoms with Gasteiger partial charge in [0.2, 0.25) is 11.8 Å². The Morgan fingerprint density at radius 3 is 1.78 bits per heavy atom. The van der Waals surface area contributed by atoms with E-state index < -0.39 is 0 Å². The van der Waals surface area contributed by atoms with Crippen LogP contribution < -0.4 is 10.6 Å². The quantitative estimate of drug-likeness (QED) is 0.161. The topological polar surface area (TPSA) is 87.2 Å². The highest BCUT2D eigenvalue weighted by molar-refractivity contribution is 6.02. The third-order valence-corrected chi connectivity index (χ3v) is 8.54. The van der Waals surface area contributed by atoms with E-state index in [4.69, 9.17) is 0 Å². The first-order chi connectivity index (χ1) is 24.5. The number of nitrogens with zero attached hydrogens (tertiary/aromatic N) is 3. The predicted molar refractivity (Wildman–Crippen MR) is 202 cm³/mol. The van der Waals surface area contributed by atoms with Crippen LogP contribution in [0.2, 0.25) is 0 Å². The van der Waals surface area contributed by atoms with Gasteiger partial charge < -0.3 is 15.5 Å². The Bertz CT molecular complexity index is 2020. The summed E-state index contributed by atoms with van der Waals surface area (Å²) in [6.07, 6.45) is 10.5. The number of aromatic nitrogens is 2. The molecule has 4 aromatic carbocycles. The van der Waals surface area contributed by atoms with Gasteiger partial charge in [-0.2, -0.15) is 0 Å². The Labute approximate surface area is 293 Å². The number of nitrogens with one attached hydrogen (secondary N) is 2. The van der Waals surface area contributed by atoms with E-state index in [9.17, 15) is 9.59 Å². The standard InChI is InChI=1S/C23H23N3O.C20H16N2O/c1-26-15-21(17-7-3-2-4-8-17)22(16-26)23(27)25-20-11-5-9-18(13-20)19-10-6-12-24-14-19;23-20(12-11-16-6-2-1-3-7-16)22-19-10-4-8-17(14-19)18-9-5-13-21-15-18/h2-14,21-22H,15-16H2,1H3,(H,25,27);1-15H,(H,22,23)/b;12-11+/t21-,22+;/m1./s1. The second kappa shape index (κ2) is 16.8. The average Bonchev–Trinajstić information content (AvgIpc) is 3.58. The first-order valence-corrected chi connectivity index (χ1v) is 16.6. The average molecular weight is 658 g/mol. The molecule has 1 aliphatic heterocycles. The van der Waals surface area contributed by atoms with Gasteiger partial charge in [-0.3, -0.25) is 19.6 Å². The lowest BCUT2D eigenvalue weighted by molar-refractivity contribution is -0.119. The Kier molecular flexibility index (Phi) is 11.3. The van der Waals surface area contributed by atoms with E-state index >= 15 is 0 Å². The molecule has 2 amide bonds. The zero-order valence-corrected chi connectivity index (χ0v) is 27.9. The highest BCUT2D eigenvalue weighted by Crippen LogP contribution is 2.33. The van der Waals surface area contributed by atoms with Crippen molar-refractivity contribution < 1.29 is 9.59 Å². The molecule has 1 aliphatic rings. The van der Waals surface area contributed by atoms with E-state index in [1.165, 1.54) is 11.6 Å². The van der Waals surface area contributed by atoms with Gasteiger partial charge in [0.05, 0.1) is 5.92 Å². The van der Waals surface area contributed by atoms with Gasteiger partial charge in [-0.05, 0) is 71.8 Å². The largest absolute Gasteiger partial charge is 0.326 e. The maximum atomic E-state index is 13.0. The molecule has 50 heavy (non-hydrogen) atoms. The molecule has 7 nitrogen and oxygen atoms in total. The summed E-state index contributed by atoms with van der Waals surface area (Å²) in [7, 11) is 2.08. The molecule has 2 atom stereocenters. The summed E-state index contributed by atoms with van der Waals surface area (Å²) in [5.74, 6) is 0.0888. The number of hydrogen-bond acceptors (Lipinski definition) is 5. The molecule has 3 heterocycles. The van der Waals surface area contributed by atoms with E-state index in [0.29, 0.717) is 0 Å². The third kappa shape index (κ3) is 9.24. The van der Waals surface area contributed by atoms with Crippen LogP contribution in [0.15, 0.2) is 164 Å². The lowest BCUT2D eigenvalue weighted by Gasteiger charge is -2.19. The van der Waals surface area contributed by atoms with Gasteiger partial charge in [-0.1, -0.05) is 97.1 Å². The molecule has 0 spiro atoms. The van der Waals surface area contributed by atoms with Gasteiger partial charge in [-0.15, -0.1) is 0 Å². The summed E-state index contributed by atoms with van der Waals surface area (Å²) in [5, 5.41) is 6.00. The van der Waals surface area contributed by atoms with Crippen LogP contribution in [0.25, 0.3) is 28.3 Å². The zero-order valence-electron chi connectivity index (χ0n) is 27.9. The number of amides is 2. The SMILES string of the molecule is CN1C[C@H](C(=O)Nc2cccc(-c3cccnc3)c2)[C@@H](c2ccccc2)C1.O=C(/C=C/c1ccccc1)Nc1cccc(-c2cccnc2)c1. The molecule has 7 heteroatoms. The summed E-state index contributed by atoms with van der Waals surface area (Å²) in [4.78, 5) is 35.6. The Morgan fingerprint density at radius 2 is 1.20 bits per heavy atom. The summed E-state index contributed by atoms with van der Waals surface area (Å²) < 4.78 is 0. The maximum absolute atomic E-state index is 13.0. The van der Waals surface area contributed by atoms with Crippen molar-refractivity contribution in [1.29, 1.82) is 0 Å². The van der Waals surface area contributed by atoms with Crippen LogP contribution in [0.5, 0.6) is 0 Å². The summed E-state index contributed by atoms with van der Waals surface area (Å²) in [6.45, 7) is 1.67. The molecule has 6 aromatic rings. The zero-order chi connectivity index (χ0) is 34.5. The smallest absolute Gasteiger partial charge is 0.248 e. The molecular formula is C43H39N5O2. The number of carbonyl (C=O) groups excluding carboxylic acids is 2. The van der Waals surface area contributed by atoms with Crippen molar-refractivity contribution in [3.63, 3.8) is 0 Å². The predicted octanol–water partition coefficient (Wildman–Crippen LogP) is 8.43. The molecule has 0 unspecified atom stereocenters. The molecule has 2 N–H and O–H groups in total. The number of likely N-dealkylation sites (N-methyl/N-ethyl adjacent to an activating group) is 1. The molecule has 7 rings (SSSR count). The second-order valence-electron chi connectivity index (χ2n) is 12.2. The van der Waals surface area contributed by atoms with Crippen molar-refractivity contribution in [1.82, 2.24) is 14.9 Å². The van der Waals surface area contributed by atoms with E-state index in [2.05, 4.69) is 44.7 Å². The fraction of sp³-hybridized carbons (Fsp3) is 0.116. The number of benzene rings is 4. The van der Waals surface area contributed by atoms with Crippen LogP contribution in [-0.4, -0.2) is 46.8 Å². The van der Waals surface area contributed by atoms with Gasteiger partial charge in [0.25, 0.3) is 0 Å². The van der Waals surface area contributed by atoms with E-state index in [1.807, 2.05) is 128 Å². The minimum absolute atomic E-state index is 0.0561. The van der Waals surface area contributed by atoms with Gasteiger partial charge in [0, 0.05) is 72.4 Å². The highest BCUT2D eigenvalue weighted by Gasteiger charge is 2.36. The van der Waals surface area contributed by atoms with Crippen LogP contribution in [0.4, 0.5) is 11.4 Å². The van der Waals surface area contributed by atoms with Gasteiger partial charge in [-0.25, -0.2) is 0 Å². The first kappa shape index (κ1) is 33.7. The van der Waals surface area contributed by atoms with E-state index in [0.717, 1.165) is 52.3 Å².